The zero-order valence-corrected chi connectivity index (χ0v) is 26.6. The van der Waals surface area contributed by atoms with Gasteiger partial charge in [-0.15, -0.1) is 0 Å². The van der Waals surface area contributed by atoms with Gasteiger partial charge in [0, 0.05) is 21.9 Å². The summed E-state index contributed by atoms with van der Waals surface area (Å²) in [5.74, 6) is 0. The maximum absolute atomic E-state index is 6.60. The Morgan fingerprint density at radius 3 is 1.65 bits per heavy atom. The summed E-state index contributed by atoms with van der Waals surface area (Å²) in [6.07, 6.45) is 1.99. The van der Waals surface area contributed by atoms with Crippen LogP contribution in [0.5, 0.6) is 0 Å². The molecule has 1 heterocycles. The first-order valence-corrected chi connectivity index (χ1v) is 16.9. The molecule has 0 saturated heterocycles. The van der Waals surface area contributed by atoms with E-state index in [0.717, 1.165) is 21.9 Å². The lowest BCUT2D eigenvalue weighted by atomic mass is 9.85. The number of hydrogen-bond donors (Lipinski definition) is 0. The molecular weight excluding hydrogens is 593 g/mol. The van der Waals surface area contributed by atoms with Crippen LogP contribution in [-0.2, 0) is 0 Å². The fourth-order valence-corrected chi connectivity index (χ4v) is 8.33. The van der Waals surface area contributed by atoms with Gasteiger partial charge < -0.3 is 4.42 Å². The molecule has 0 N–H and O–H groups in total. The van der Waals surface area contributed by atoms with Gasteiger partial charge in [0.1, 0.15) is 5.58 Å². The highest BCUT2D eigenvalue weighted by atomic mass is 16.3. The van der Waals surface area contributed by atoms with Gasteiger partial charge in [0.05, 0.1) is 6.26 Å². The number of furan rings is 1. The van der Waals surface area contributed by atoms with Crippen LogP contribution in [-0.4, -0.2) is 0 Å². The molecule has 0 saturated carbocycles. The minimum atomic E-state index is 0.928. The van der Waals surface area contributed by atoms with E-state index in [9.17, 15) is 0 Å². The van der Waals surface area contributed by atoms with Crippen molar-refractivity contribution in [2.24, 2.45) is 0 Å². The highest BCUT2D eigenvalue weighted by Crippen LogP contribution is 2.47. The third-order valence-electron chi connectivity index (χ3n) is 10.6. The molecular formula is C48H28O. The normalized spacial score (nSPS) is 12.1. The van der Waals surface area contributed by atoms with E-state index in [1.807, 2.05) is 6.26 Å². The molecule has 0 amide bonds. The summed E-state index contributed by atoms with van der Waals surface area (Å²) in [5, 5.41) is 18.4. The van der Waals surface area contributed by atoms with Crippen LogP contribution in [0, 0.1) is 0 Å². The second kappa shape index (κ2) is 10.0. The summed E-state index contributed by atoms with van der Waals surface area (Å²) < 4.78 is 6.60. The van der Waals surface area contributed by atoms with Gasteiger partial charge in [-0.25, -0.2) is 0 Å². The smallest absolute Gasteiger partial charge is 0.142 e. The van der Waals surface area contributed by atoms with Crippen molar-refractivity contribution in [2.75, 3.05) is 0 Å². The fourth-order valence-electron chi connectivity index (χ4n) is 8.33. The Balaban J connectivity index is 1.27. The first-order chi connectivity index (χ1) is 24.3. The van der Waals surface area contributed by atoms with Crippen molar-refractivity contribution in [1.29, 1.82) is 0 Å². The van der Waals surface area contributed by atoms with Crippen molar-refractivity contribution < 1.29 is 4.42 Å². The van der Waals surface area contributed by atoms with Gasteiger partial charge in [0.25, 0.3) is 0 Å². The molecule has 0 spiro atoms. The van der Waals surface area contributed by atoms with E-state index in [0.29, 0.717) is 0 Å². The first kappa shape index (κ1) is 26.6. The number of hydrogen-bond acceptors (Lipinski definition) is 1. The standard InChI is InChI=1S/C48H28O/c1-3-11-33-26-43-35(24-31(33)9-1)17-16-30-13-7-15-39(46(30)43)40-20-19-36-25-32-10-2-4-12-34(32)27-44(36)47(40)45-28-49-48-41-21-18-29-8-5-6-14-37(29)38(41)22-23-42(45)48/h1-28H. The van der Waals surface area contributed by atoms with Crippen LogP contribution in [0.2, 0.25) is 0 Å². The van der Waals surface area contributed by atoms with Crippen LogP contribution in [0.4, 0.5) is 0 Å². The van der Waals surface area contributed by atoms with Gasteiger partial charge in [-0.2, -0.15) is 0 Å². The van der Waals surface area contributed by atoms with Gasteiger partial charge >= 0.3 is 0 Å². The van der Waals surface area contributed by atoms with Gasteiger partial charge in [0.15, 0.2) is 0 Å². The summed E-state index contributed by atoms with van der Waals surface area (Å²) >= 11 is 0. The molecule has 49 heavy (non-hydrogen) atoms. The number of rotatable bonds is 2. The molecule has 11 rings (SSSR count). The zero-order valence-electron chi connectivity index (χ0n) is 26.6. The molecule has 1 heteroatoms. The van der Waals surface area contributed by atoms with Crippen molar-refractivity contribution in [3.63, 3.8) is 0 Å². The fraction of sp³-hybridized carbons (Fsp3) is 0. The topological polar surface area (TPSA) is 13.1 Å². The predicted molar refractivity (Wildman–Crippen MR) is 210 cm³/mol. The van der Waals surface area contributed by atoms with Crippen molar-refractivity contribution in [2.45, 2.75) is 0 Å². The lowest BCUT2D eigenvalue weighted by Crippen LogP contribution is -1.91. The van der Waals surface area contributed by atoms with Crippen molar-refractivity contribution in [3.05, 3.63) is 170 Å². The summed E-state index contributed by atoms with van der Waals surface area (Å²) in [7, 11) is 0. The minimum Gasteiger partial charge on any atom is -0.463 e. The summed E-state index contributed by atoms with van der Waals surface area (Å²) in [5.41, 5.74) is 5.67. The van der Waals surface area contributed by atoms with Gasteiger partial charge in [-0.3, -0.25) is 0 Å². The molecule has 0 aliphatic rings. The largest absolute Gasteiger partial charge is 0.463 e. The molecule has 0 fully saturated rings. The Hall–Kier alpha value is -6.44. The van der Waals surface area contributed by atoms with E-state index in [1.54, 1.807) is 0 Å². The lowest BCUT2D eigenvalue weighted by molar-refractivity contribution is 0.620. The Bertz CT molecular complexity index is 3160. The van der Waals surface area contributed by atoms with Crippen LogP contribution in [0.3, 0.4) is 0 Å². The van der Waals surface area contributed by atoms with Gasteiger partial charge in [0.2, 0.25) is 0 Å². The average molecular weight is 621 g/mol. The van der Waals surface area contributed by atoms with Crippen LogP contribution in [0.15, 0.2) is 174 Å². The summed E-state index contributed by atoms with van der Waals surface area (Å²) in [6, 6.07) is 60.2. The Kier molecular flexibility index (Phi) is 5.45. The van der Waals surface area contributed by atoms with E-state index in [1.165, 1.54) is 86.7 Å². The number of benzene rings is 10. The highest BCUT2D eigenvalue weighted by Gasteiger charge is 2.21. The average Bonchev–Trinajstić information content (AvgIpc) is 3.59. The van der Waals surface area contributed by atoms with Crippen molar-refractivity contribution >= 4 is 86.4 Å². The molecule has 0 unspecified atom stereocenters. The van der Waals surface area contributed by atoms with E-state index < -0.39 is 0 Å². The molecule has 226 valence electrons. The molecule has 1 nitrogen and oxygen atoms in total. The maximum Gasteiger partial charge on any atom is 0.142 e. The molecule has 0 aliphatic carbocycles. The maximum atomic E-state index is 6.60. The monoisotopic (exact) mass is 620 g/mol. The molecule has 11 aromatic rings. The van der Waals surface area contributed by atoms with E-state index in [-0.39, 0.29) is 0 Å². The van der Waals surface area contributed by atoms with Crippen molar-refractivity contribution in [3.8, 4) is 22.3 Å². The van der Waals surface area contributed by atoms with E-state index in [2.05, 4.69) is 164 Å². The Labute approximate surface area is 282 Å². The highest BCUT2D eigenvalue weighted by molar-refractivity contribution is 6.23. The van der Waals surface area contributed by atoms with Crippen LogP contribution >= 0.6 is 0 Å². The SMILES string of the molecule is c1ccc2cc3c(-c4coc5c4ccc4c6ccccc6ccc45)c(-c4cccc5ccc6cc7ccccc7cc6c45)ccc3cc2c1. The molecule has 0 bridgehead atoms. The molecule has 0 radical (unpaired) electrons. The zero-order chi connectivity index (χ0) is 32.1. The Morgan fingerprint density at radius 1 is 0.286 bits per heavy atom. The predicted octanol–water partition coefficient (Wildman–Crippen LogP) is 13.8. The summed E-state index contributed by atoms with van der Waals surface area (Å²) in [4.78, 5) is 0. The van der Waals surface area contributed by atoms with Crippen molar-refractivity contribution in [1.82, 2.24) is 0 Å². The Morgan fingerprint density at radius 2 is 0.857 bits per heavy atom. The first-order valence-electron chi connectivity index (χ1n) is 16.9. The molecule has 0 aliphatic heterocycles. The van der Waals surface area contributed by atoms with Gasteiger partial charge in [-0.05, 0) is 118 Å². The van der Waals surface area contributed by atoms with E-state index in [4.69, 9.17) is 4.42 Å². The molecule has 10 aromatic carbocycles. The lowest BCUT2D eigenvalue weighted by Gasteiger charge is -2.17. The van der Waals surface area contributed by atoms with E-state index >= 15 is 0 Å². The molecule has 1 aromatic heterocycles. The van der Waals surface area contributed by atoms with Crippen LogP contribution < -0.4 is 0 Å². The summed E-state index contributed by atoms with van der Waals surface area (Å²) in [6.45, 7) is 0. The molecule has 0 atom stereocenters. The number of fused-ring (bicyclic) bond motifs is 11. The van der Waals surface area contributed by atoms with Crippen LogP contribution in [0.25, 0.3) is 109 Å². The minimum absolute atomic E-state index is 0.928. The van der Waals surface area contributed by atoms with Crippen LogP contribution in [0.1, 0.15) is 0 Å². The van der Waals surface area contributed by atoms with Gasteiger partial charge in [-0.1, -0.05) is 127 Å². The second-order valence-corrected chi connectivity index (χ2v) is 13.3. The quantitative estimate of drug-likeness (QED) is 0.138. The second-order valence-electron chi connectivity index (χ2n) is 13.3. The third-order valence-corrected chi connectivity index (χ3v) is 10.6. The third kappa shape index (κ3) is 3.87.